The molecule has 1 fully saturated rings. The Morgan fingerprint density at radius 2 is 1.81 bits per heavy atom. The summed E-state index contributed by atoms with van der Waals surface area (Å²) in [6, 6.07) is 8.71. The second-order valence-corrected chi connectivity index (χ2v) is 7.11. The molecule has 2 aromatic rings. The Bertz CT molecular complexity index is 667. The zero-order valence-corrected chi connectivity index (χ0v) is 13.1. The first-order valence-corrected chi connectivity index (χ1v) is 8.38. The molecule has 0 spiro atoms. The van der Waals surface area contributed by atoms with Gasteiger partial charge in [0.05, 0.1) is 11.2 Å². The summed E-state index contributed by atoms with van der Waals surface area (Å²) in [5, 5.41) is 1.36. The molecular weight excluding hydrogens is 256 g/mol. The number of fused-ring (bicyclic) bond motifs is 2. The van der Waals surface area contributed by atoms with Crippen molar-refractivity contribution in [2.75, 3.05) is 18.0 Å². The smallest absolute Gasteiger partial charge is 0.0726 e. The van der Waals surface area contributed by atoms with E-state index < -0.39 is 0 Å². The van der Waals surface area contributed by atoms with Crippen LogP contribution in [-0.2, 0) is 12.8 Å². The van der Waals surface area contributed by atoms with Gasteiger partial charge in [-0.1, -0.05) is 32.0 Å². The summed E-state index contributed by atoms with van der Waals surface area (Å²) in [4.78, 5) is 7.58. The number of piperidine rings is 1. The quantitative estimate of drug-likeness (QED) is 0.778. The minimum absolute atomic E-state index is 0.790. The van der Waals surface area contributed by atoms with Crippen LogP contribution >= 0.6 is 0 Å². The Morgan fingerprint density at radius 3 is 2.62 bits per heavy atom. The number of aromatic nitrogens is 1. The molecule has 1 aliphatic heterocycles. The fourth-order valence-corrected chi connectivity index (χ4v) is 4.39. The van der Waals surface area contributed by atoms with E-state index in [1.807, 2.05) is 0 Å². The predicted molar refractivity (Wildman–Crippen MR) is 88.9 cm³/mol. The number of hydrogen-bond acceptors (Lipinski definition) is 2. The first-order chi connectivity index (χ1) is 10.2. The highest BCUT2D eigenvalue weighted by Gasteiger charge is 2.28. The van der Waals surface area contributed by atoms with E-state index in [1.165, 1.54) is 60.2 Å². The molecule has 2 nitrogen and oxygen atoms in total. The van der Waals surface area contributed by atoms with Crippen molar-refractivity contribution in [3.8, 4) is 0 Å². The standard InChI is InChI=1S/C19H24N2/c1-13-10-14(2)12-21(11-13)19-15-6-3-4-8-17(15)20-18-9-5-7-16(18)19/h3-4,6,8,13-14H,5,7,9-12H2,1-2H3. The number of anilines is 1. The van der Waals surface area contributed by atoms with Gasteiger partial charge in [-0.3, -0.25) is 4.98 Å². The molecule has 4 rings (SSSR count). The lowest BCUT2D eigenvalue weighted by Crippen LogP contribution is -2.39. The molecule has 2 heteroatoms. The maximum Gasteiger partial charge on any atom is 0.0726 e. The lowest BCUT2D eigenvalue weighted by Gasteiger charge is -2.38. The van der Waals surface area contributed by atoms with E-state index in [-0.39, 0.29) is 0 Å². The van der Waals surface area contributed by atoms with E-state index in [4.69, 9.17) is 4.98 Å². The molecule has 2 unspecified atom stereocenters. The molecule has 110 valence electrons. The van der Waals surface area contributed by atoms with Gasteiger partial charge in [-0.25, -0.2) is 0 Å². The molecule has 2 atom stereocenters. The Kier molecular flexibility index (Phi) is 3.13. The van der Waals surface area contributed by atoms with Gasteiger partial charge in [0.15, 0.2) is 0 Å². The second-order valence-electron chi connectivity index (χ2n) is 7.11. The minimum Gasteiger partial charge on any atom is -0.370 e. The molecule has 1 aliphatic carbocycles. The third kappa shape index (κ3) is 2.21. The second kappa shape index (κ2) is 5.01. The molecule has 2 aliphatic rings. The Morgan fingerprint density at radius 1 is 1.05 bits per heavy atom. The number of nitrogens with zero attached hydrogens (tertiary/aromatic N) is 2. The number of hydrogen-bond donors (Lipinski definition) is 0. The predicted octanol–water partition coefficient (Wildman–Crippen LogP) is 4.21. The van der Waals surface area contributed by atoms with Crippen LogP contribution < -0.4 is 4.90 Å². The lowest BCUT2D eigenvalue weighted by molar-refractivity contribution is 0.357. The molecular formula is C19H24N2. The third-order valence-electron chi connectivity index (χ3n) is 5.07. The van der Waals surface area contributed by atoms with Gasteiger partial charge in [0.2, 0.25) is 0 Å². The highest BCUT2D eigenvalue weighted by atomic mass is 15.1. The maximum atomic E-state index is 4.92. The fraction of sp³-hybridized carbons (Fsp3) is 0.526. The van der Waals surface area contributed by atoms with Gasteiger partial charge in [-0.2, -0.15) is 0 Å². The summed E-state index contributed by atoms with van der Waals surface area (Å²) < 4.78 is 0. The number of pyridine rings is 1. The van der Waals surface area contributed by atoms with Crippen LogP contribution in [0.25, 0.3) is 10.9 Å². The molecule has 1 aromatic carbocycles. The van der Waals surface area contributed by atoms with Gasteiger partial charge in [-0.05, 0) is 49.1 Å². The third-order valence-corrected chi connectivity index (χ3v) is 5.07. The highest BCUT2D eigenvalue weighted by molar-refractivity contribution is 5.94. The van der Waals surface area contributed by atoms with Crippen LogP contribution in [0.1, 0.15) is 37.9 Å². The summed E-state index contributed by atoms with van der Waals surface area (Å²) in [5.41, 5.74) is 5.58. The molecule has 0 radical (unpaired) electrons. The Labute approximate surface area is 127 Å². The zero-order chi connectivity index (χ0) is 14.4. The van der Waals surface area contributed by atoms with Crippen LogP contribution in [0.4, 0.5) is 5.69 Å². The first kappa shape index (κ1) is 13.1. The topological polar surface area (TPSA) is 16.1 Å². The summed E-state index contributed by atoms with van der Waals surface area (Å²) >= 11 is 0. The van der Waals surface area contributed by atoms with E-state index in [9.17, 15) is 0 Å². The van der Waals surface area contributed by atoms with Gasteiger partial charge < -0.3 is 4.90 Å². The van der Waals surface area contributed by atoms with E-state index in [0.717, 1.165) is 18.3 Å². The molecule has 21 heavy (non-hydrogen) atoms. The van der Waals surface area contributed by atoms with Crippen molar-refractivity contribution in [2.45, 2.75) is 39.5 Å². The summed E-state index contributed by atoms with van der Waals surface area (Å²) in [7, 11) is 0. The van der Waals surface area contributed by atoms with Crippen LogP contribution in [0, 0.1) is 11.8 Å². The van der Waals surface area contributed by atoms with Crippen LogP contribution in [0.3, 0.4) is 0 Å². The van der Waals surface area contributed by atoms with Gasteiger partial charge in [-0.15, -0.1) is 0 Å². The number of para-hydroxylation sites is 1. The highest BCUT2D eigenvalue weighted by Crippen LogP contribution is 2.38. The van der Waals surface area contributed by atoms with Gasteiger partial charge in [0.1, 0.15) is 0 Å². The van der Waals surface area contributed by atoms with Crippen molar-refractivity contribution >= 4 is 16.6 Å². The minimum atomic E-state index is 0.790. The average Bonchev–Trinajstić information content (AvgIpc) is 2.91. The van der Waals surface area contributed by atoms with Crippen molar-refractivity contribution in [1.82, 2.24) is 4.98 Å². The molecule has 0 bridgehead atoms. The summed E-state index contributed by atoms with van der Waals surface area (Å²) in [6.45, 7) is 7.19. The number of rotatable bonds is 1. The molecule has 1 saturated heterocycles. The van der Waals surface area contributed by atoms with Crippen LogP contribution in [0.2, 0.25) is 0 Å². The molecule has 0 saturated carbocycles. The summed E-state index contributed by atoms with van der Waals surface area (Å²) in [5.74, 6) is 1.58. The lowest BCUT2D eigenvalue weighted by atomic mass is 9.90. The first-order valence-electron chi connectivity index (χ1n) is 8.38. The van der Waals surface area contributed by atoms with Crippen molar-refractivity contribution < 1.29 is 0 Å². The van der Waals surface area contributed by atoms with Gasteiger partial charge in [0.25, 0.3) is 0 Å². The van der Waals surface area contributed by atoms with Crippen molar-refractivity contribution in [2.24, 2.45) is 11.8 Å². The molecule has 0 N–H and O–H groups in total. The Hall–Kier alpha value is -1.57. The van der Waals surface area contributed by atoms with Crippen molar-refractivity contribution in [3.63, 3.8) is 0 Å². The van der Waals surface area contributed by atoms with E-state index in [1.54, 1.807) is 0 Å². The van der Waals surface area contributed by atoms with Gasteiger partial charge in [0, 0.05) is 24.2 Å². The Balaban J connectivity index is 1.90. The number of benzene rings is 1. The average molecular weight is 280 g/mol. The normalized spacial score (nSPS) is 25.3. The fourth-order valence-electron chi connectivity index (χ4n) is 4.39. The van der Waals surface area contributed by atoms with E-state index in [0.29, 0.717) is 0 Å². The molecule has 2 heterocycles. The van der Waals surface area contributed by atoms with Crippen LogP contribution in [-0.4, -0.2) is 18.1 Å². The maximum absolute atomic E-state index is 4.92. The van der Waals surface area contributed by atoms with Gasteiger partial charge >= 0.3 is 0 Å². The molecule has 0 amide bonds. The SMILES string of the molecule is CC1CC(C)CN(c2c3c(nc4ccccc24)CCC3)C1. The number of aryl methyl sites for hydroxylation is 1. The van der Waals surface area contributed by atoms with Crippen LogP contribution in [0.5, 0.6) is 0 Å². The van der Waals surface area contributed by atoms with E-state index >= 15 is 0 Å². The van der Waals surface area contributed by atoms with Crippen LogP contribution in [0.15, 0.2) is 24.3 Å². The van der Waals surface area contributed by atoms with Crippen molar-refractivity contribution in [3.05, 3.63) is 35.5 Å². The summed E-state index contributed by atoms with van der Waals surface area (Å²) in [6.07, 6.45) is 5.00. The van der Waals surface area contributed by atoms with Crippen molar-refractivity contribution in [1.29, 1.82) is 0 Å². The zero-order valence-electron chi connectivity index (χ0n) is 13.1. The largest absolute Gasteiger partial charge is 0.370 e. The molecule has 1 aromatic heterocycles. The van der Waals surface area contributed by atoms with E-state index in [2.05, 4.69) is 43.0 Å². The monoisotopic (exact) mass is 280 g/mol.